The first kappa shape index (κ1) is 21.9. The lowest BCUT2D eigenvalue weighted by atomic mass is 9.93. The number of rotatable bonds is 8. The third-order valence-electron chi connectivity index (χ3n) is 5.39. The molecule has 1 aromatic carbocycles. The minimum atomic E-state index is -0.655. The Hall–Kier alpha value is -2.78. The van der Waals surface area contributed by atoms with Crippen molar-refractivity contribution in [3.05, 3.63) is 52.7 Å². The fourth-order valence-corrected chi connectivity index (χ4v) is 3.65. The summed E-state index contributed by atoms with van der Waals surface area (Å²) >= 11 is 0. The van der Waals surface area contributed by atoms with E-state index in [0.29, 0.717) is 49.4 Å². The van der Waals surface area contributed by atoms with Gasteiger partial charge >= 0.3 is 0 Å². The molecule has 0 aliphatic carbocycles. The van der Waals surface area contributed by atoms with Crippen molar-refractivity contribution in [3.63, 3.8) is 0 Å². The van der Waals surface area contributed by atoms with Gasteiger partial charge in [-0.25, -0.2) is 4.39 Å². The number of nitrogens with zero attached hydrogens (tertiary/aromatic N) is 2. The summed E-state index contributed by atoms with van der Waals surface area (Å²) in [4.78, 5) is 27.5. The van der Waals surface area contributed by atoms with Crippen LogP contribution in [0.5, 0.6) is 0 Å². The number of carbonyl (C=O) groups is 2. The zero-order valence-electron chi connectivity index (χ0n) is 17.4. The Morgan fingerprint density at radius 3 is 2.67 bits per heavy atom. The maximum atomic E-state index is 13.2. The van der Waals surface area contributed by atoms with E-state index >= 15 is 0 Å². The molecule has 30 heavy (non-hydrogen) atoms. The third kappa shape index (κ3) is 4.68. The van der Waals surface area contributed by atoms with Crippen LogP contribution in [0, 0.1) is 12.7 Å². The Morgan fingerprint density at radius 1 is 1.27 bits per heavy atom. The number of ether oxygens (including phenoxy) is 2. The van der Waals surface area contributed by atoms with Crippen molar-refractivity contribution >= 4 is 11.8 Å². The molecule has 8 nitrogen and oxygen atoms in total. The summed E-state index contributed by atoms with van der Waals surface area (Å²) in [5, 5.41) is 6.95. The molecule has 1 fully saturated rings. The fourth-order valence-electron chi connectivity index (χ4n) is 3.65. The van der Waals surface area contributed by atoms with Gasteiger partial charge in [0.1, 0.15) is 11.6 Å². The lowest BCUT2D eigenvalue weighted by Gasteiger charge is -2.30. The number of hydrogen-bond acceptors (Lipinski definition) is 6. The SMILES string of the molecule is COCCC1(NC(=O)c2ccc(F)cc2)CCN(C(=O)c2noc(C)c2COC)C1. The number of carbonyl (C=O) groups excluding carboxylic acids is 2. The summed E-state index contributed by atoms with van der Waals surface area (Å²) in [5.74, 6) is -0.463. The molecule has 1 aliphatic heterocycles. The van der Waals surface area contributed by atoms with Crippen LogP contribution in [-0.4, -0.2) is 61.3 Å². The van der Waals surface area contributed by atoms with Gasteiger partial charge < -0.3 is 24.2 Å². The summed E-state index contributed by atoms with van der Waals surface area (Å²) in [7, 11) is 3.12. The van der Waals surface area contributed by atoms with Gasteiger partial charge in [-0.3, -0.25) is 9.59 Å². The lowest BCUT2D eigenvalue weighted by molar-refractivity contribution is 0.0735. The second-order valence-corrected chi connectivity index (χ2v) is 7.46. The van der Waals surface area contributed by atoms with E-state index in [9.17, 15) is 14.0 Å². The molecule has 3 rings (SSSR count). The normalized spacial score (nSPS) is 18.6. The molecule has 1 aromatic heterocycles. The van der Waals surface area contributed by atoms with E-state index in [1.807, 2.05) is 0 Å². The molecule has 0 bridgehead atoms. The Labute approximate surface area is 174 Å². The van der Waals surface area contributed by atoms with Gasteiger partial charge in [0, 0.05) is 39.5 Å². The number of halogens is 1. The predicted molar refractivity (Wildman–Crippen MR) is 106 cm³/mol. The van der Waals surface area contributed by atoms with Crippen LogP contribution in [-0.2, 0) is 16.1 Å². The maximum absolute atomic E-state index is 13.2. The van der Waals surface area contributed by atoms with E-state index in [-0.39, 0.29) is 24.1 Å². The predicted octanol–water partition coefficient (Wildman–Crippen LogP) is 2.32. The number of hydrogen-bond donors (Lipinski definition) is 1. The number of aryl methyl sites for hydroxylation is 1. The summed E-state index contributed by atoms with van der Waals surface area (Å²) in [6.07, 6.45) is 1.09. The number of nitrogens with one attached hydrogen (secondary N) is 1. The largest absolute Gasteiger partial charge is 0.385 e. The number of amides is 2. The Bertz CT molecular complexity index is 899. The maximum Gasteiger partial charge on any atom is 0.276 e. The highest BCUT2D eigenvalue weighted by Gasteiger charge is 2.42. The van der Waals surface area contributed by atoms with Crippen molar-refractivity contribution in [3.8, 4) is 0 Å². The van der Waals surface area contributed by atoms with Crippen molar-refractivity contribution in [2.24, 2.45) is 0 Å². The molecule has 2 heterocycles. The summed E-state index contributed by atoms with van der Waals surface area (Å²) in [6, 6.07) is 5.35. The van der Waals surface area contributed by atoms with Gasteiger partial charge in [-0.1, -0.05) is 5.16 Å². The topological polar surface area (TPSA) is 93.9 Å². The van der Waals surface area contributed by atoms with Crippen molar-refractivity contribution in [2.45, 2.75) is 31.9 Å². The monoisotopic (exact) mass is 419 g/mol. The van der Waals surface area contributed by atoms with Crippen molar-refractivity contribution in [2.75, 3.05) is 33.9 Å². The molecule has 1 unspecified atom stereocenters. The van der Waals surface area contributed by atoms with Crippen molar-refractivity contribution in [1.82, 2.24) is 15.4 Å². The average Bonchev–Trinajstić information content (AvgIpc) is 3.31. The quantitative estimate of drug-likeness (QED) is 0.706. The second kappa shape index (κ2) is 9.36. The van der Waals surface area contributed by atoms with Crippen LogP contribution in [0.1, 0.15) is 45.0 Å². The molecule has 9 heteroatoms. The Morgan fingerprint density at radius 2 is 2.00 bits per heavy atom. The summed E-state index contributed by atoms with van der Waals surface area (Å²) in [6.45, 7) is 3.13. The molecular weight excluding hydrogens is 393 g/mol. The zero-order valence-corrected chi connectivity index (χ0v) is 17.4. The van der Waals surface area contributed by atoms with Crippen LogP contribution in [0.4, 0.5) is 4.39 Å². The van der Waals surface area contributed by atoms with Gasteiger partial charge in [0.25, 0.3) is 11.8 Å². The Balaban J connectivity index is 1.77. The second-order valence-electron chi connectivity index (χ2n) is 7.46. The minimum Gasteiger partial charge on any atom is -0.385 e. The smallest absolute Gasteiger partial charge is 0.276 e. The highest BCUT2D eigenvalue weighted by atomic mass is 19.1. The van der Waals surface area contributed by atoms with E-state index in [1.165, 1.54) is 31.4 Å². The van der Waals surface area contributed by atoms with Gasteiger partial charge in [-0.2, -0.15) is 0 Å². The summed E-state index contributed by atoms with van der Waals surface area (Å²) < 4.78 is 28.7. The van der Waals surface area contributed by atoms with Crippen molar-refractivity contribution < 1.29 is 28.0 Å². The van der Waals surface area contributed by atoms with Crippen LogP contribution in [0.25, 0.3) is 0 Å². The van der Waals surface area contributed by atoms with Gasteiger partial charge in [0.2, 0.25) is 0 Å². The van der Waals surface area contributed by atoms with E-state index in [1.54, 1.807) is 18.9 Å². The number of likely N-dealkylation sites (tertiary alicyclic amines) is 1. The number of aromatic nitrogens is 1. The van der Waals surface area contributed by atoms with Crippen LogP contribution >= 0.6 is 0 Å². The first-order valence-electron chi connectivity index (χ1n) is 9.69. The van der Waals surface area contributed by atoms with E-state index in [4.69, 9.17) is 14.0 Å². The van der Waals surface area contributed by atoms with Crippen LogP contribution < -0.4 is 5.32 Å². The highest BCUT2D eigenvalue weighted by Crippen LogP contribution is 2.28. The molecule has 1 N–H and O–H groups in total. The van der Waals surface area contributed by atoms with Gasteiger partial charge in [0.15, 0.2) is 5.69 Å². The first-order chi connectivity index (χ1) is 14.4. The molecule has 1 aliphatic rings. The molecular formula is C21H26FN3O5. The van der Waals surface area contributed by atoms with Crippen molar-refractivity contribution in [1.29, 1.82) is 0 Å². The molecule has 0 spiro atoms. The molecule has 0 radical (unpaired) electrons. The molecule has 162 valence electrons. The molecule has 2 amide bonds. The molecule has 2 aromatic rings. The fraction of sp³-hybridized carbons (Fsp3) is 0.476. The lowest BCUT2D eigenvalue weighted by Crippen LogP contribution is -2.51. The van der Waals surface area contributed by atoms with Gasteiger partial charge in [-0.05, 0) is 44.0 Å². The van der Waals surface area contributed by atoms with Gasteiger partial charge in [0.05, 0.1) is 17.7 Å². The minimum absolute atomic E-state index is 0.223. The van der Waals surface area contributed by atoms with E-state index < -0.39 is 11.4 Å². The van der Waals surface area contributed by atoms with Gasteiger partial charge in [-0.15, -0.1) is 0 Å². The van der Waals surface area contributed by atoms with Crippen LogP contribution in [0.3, 0.4) is 0 Å². The third-order valence-corrected chi connectivity index (χ3v) is 5.39. The first-order valence-corrected chi connectivity index (χ1v) is 9.69. The van der Waals surface area contributed by atoms with Crippen LogP contribution in [0.2, 0.25) is 0 Å². The molecule has 1 saturated heterocycles. The molecule has 1 atom stereocenters. The molecule has 0 saturated carbocycles. The van der Waals surface area contributed by atoms with E-state index in [0.717, 1.165) is 0 Å². The average molecular weight is 419 g/mol. The summed E-state index contributed by atoms with van der Waals surface area (Å²) in [5.41, 5.74) is 0.540. The highest BCUT2D eigenvalue weighted by molar-refractivity contribution is 5.96. The zero-order chi connectivity index (χ0) is 21.7. The number of benzene rings is 1. The van der Waals surface area contributed by atoms with E-state index in [2.05, 4.69) is 10.5 Å². The Kier molecular flexibility index (Phi) is 6.84. The number of methoxy groups -OCH3 is 2. The van der Waals surface area contributed by atoms with Crippen LogP contribution in [0.15, 0.2) is 28.8 Å². The standard InChI is InChI=1S/C21H26FN3O5/c1-14-17(12-29-3)18(24-30-14)20(27)25-10-8-21(13-25,9-11-28-2)23-19(26)15-4-6-16(22)7-5-15/h4-7H,8-13H2,1-3H3,(H,23,26).